The Morgan fingerprint density at radius 1 is 1.19 bits per heavy atom. The van der Waals surface area contributed by atoms with Crippen molar-refractivity contribution in [2.75, 3.05) is 7.11 Å². The molecule has 136 valence electrons. The van der Waals surface area contributed by atoms with E-state index in [1.807, 2.05) is 12.1 Å². The van der Waals surface area contributed by atoms with Gasteiger partial charge in [-0.05, 0) is 42.7 Å². The second-order valence-corrected chi connectivity index (χ2v) is 8.32. The minimum Gasteiger partial charge on any atom is -0.497 e. The Hall–Kier alpha value is -1.78. The molecule has 1 saturated heterocycles. The topological polar surface area (TPSA) is 12.5 Å². The Balaban J connectivity index is 1.84. The van der Waals surface area contributed by atoms with Gasteiger partial charge in [0.15, 0.2) is 0 Å². The van der Waals surface area contributed by atoms with Crippen LogP contribution in [0.25, 0.3) is 6.08 Å². The molecule has 1 heterocycles. The quantitative estimate of drug-likeness (QED) is 0.563. The smallest absolute Gasteiger partial charge is 0.141 e. The van der Waals surface area contributed by atoms with Crippen molar-refractivity contribution >= 4 is 34.4 Å². The van der Waals surface area contributed by atoms with E-state index in [9.17, 15) is 0 Å². The van der Waals surface area contributed by atoms with E-state index in [0.717, 1.165) is 29.5 Å². The van der Waals surface area contributed by atoms with Crippen LogP contribution in [-0.2, 0) is 6.54 Å². The number of thioether (sulfide) groups is 1. The van der Waals surface area contributed by atoms with Crippen molar-refractivity contribution in [2.45, 2.75) is 39.3 Å². The third kappa shape index (κ3) is 4.49. The lowest BCUT2D eigenvalue weighted by atomic mass is 10.1. The predicted molar refractivity (Wildman–Crippen MR) is 117 cm³/mol. The number of ether oxygens (including phenoxy) is 1. The predicted octanol–water partition coefficient (Wildman–Crippen LogP) is 6.05. The zero-order chi connectivity index (χ0) is 18.5. The number of thiocarbonyl (C=S) groups is 1. The first-order valence-corrected chi connectivity index (χ1v) is 10.2. The molecule has 2 nitrogen and oxygen atoms in total. The maximum Gasteiger partial charge on any atom is 0.141 e. The summed E-state index contributed by atoms with van der Waals surface area (Å²) in [5, 5.41) is 0. The lowest BCUT2D eigenvalue weighted by Gasteiger charge is -2.26. The summed E-state index contributed by atoms with van der Waals surface area (Å²) in [5.74, 6) is 0.886. The largest absolute Gasteiger partial charge is 0.497 e. The third-order valence-corrected chi connectivity index (χ3v) is 6.09. The van der Waals surface area contributed by atoms with Crippen LogP contribution in [0.15, 0.2) is 53.4 Å². The fraction of sp³-hybridized carbons (Fsp3) is 0.318. The van der Waals surface area contributed by atoms with Gasteiger partial charge in [0.25, 0.3) is 0 Å². The van der Waals surface area contributed by atoms with E-state index in [1.54, 1.807) is 18.9 Å². The number of aryl methyl sites for hydroxylation is 1. The van der Waals surface area contributed by atoms with Crippen LogP contribution in [-0.4, -0.2) is 22.4 Å². The summed E-state index contributed by atoms with van der Waals surface area (Å²) >= 11 is 7.47. The molecule has 3 rings (SSSR count). The summed E-state index contributed by atoms with van der Waals surface area (Å²) in [6.45, 7) is 5.21. The highest BCUT2D eigenvalue weighted by Gasteiger charge is 2.32. The molecule has 0 saturated carbocycles. The van der Waals surface area contributed by atoms with Crippen LogP contribution in [0, 0.1) is 6.92 Å². The molecule has 4 heteroatoms. The van der Waals surface area contributed by atoms with Gasteiger partial charge in [-0.1, -0.05) is 79.3 Å². The second kappa shape index (κ2) is 8.74. The van der Waals surface area contributed by atoms with Crippen molar-refractivity contribution in [3.8, 4) is 5.75 Å². The minimum atomic E-state index is 0.361. The summed E-state index contributed by atoms with van der Waals surface area (Å²) < 4.78 is 6.23. The number of nitrogens with zero attached hydrogens (tertiary/aromatic N) is 1. The zero-order valence-corrected chi connectivity index (χ0v) is 17.2. The Morgan fingerprint density at radius 2 is 1.96 bits per heavy atom. The van der Waals surface area contributed by atoms with Crippen molar-refractivity contribution < 1.29 is 4.74 Å². The van der Waals surface area contributed by atoms with Crippen LogP contribution < -0.4 is 4.74 Å². The van der Waals surface area contributed by atoms with E-state index in [1.165, 1.54) is 21.6 Å². The lowest BCUT2D eigenvalue weighted by molar-refractivity contribution is 0.348. The molecule has 2 aromatic carbocycles. The van der Waals surface area contributed by atoms with Gasteiger partial charge in [0.2, 0.25) is 0 Å². The summed E-state index contributed by atoms with van der Waals surface area (Å²) in [5.41, 5.74) is 3.79. The van der Waals surface area contributed by atoms with Crippen LogP contribution in [0.5, 0.6) is 5.75 Å². The Kier molecular flexibility index (Phi) is 6.38. The fourth-order valence-electron chi connectivity index (χ4n) is 3.23. The molecule has 0 radical (unpaired) electrons. The van der Waals surface area contributed by atoms with Gasteiger partial charge in [0, 0.05) is 11.4 Å². The molecular weight excluding hydrogens is 358 g/mol. The molecule has 0 bridgehead atoms. The standard InChI is InChI=1S/C22H25NOS2/c1-4-6-20-21(14-18-8-5-7-16(2)13-18)26-22(25)23(20)15-17-9-11-19(24-3)12-10-17/h5,7-14,20H,4,6,15H2,1-3H3/b21-14-. The first kappa shape index (κ1) is 19.0. The summed E-state index contributed by atoms with van der Waals surface area (Å²) in [7, 11) is 1.70. The normalized spacial score (nSPS) is 18.6. The Bertz CT molecular complexity index is 798. The molecule has 0 N–H and O–H groups in total. The van der Waals surface area contributed by atoms with Crippen molar-refractivity contribution in [3.63, 3.8) is 0 Å². The van der Waals surface area contributed by atoms with Crippen LogP contribution in [0.2, 0.25) is 0 Å². The van der Waals surface area contributed by atoms with E-state index in [-0.39, 0.29) is 0 Å². The highest BCUT2D eigenvalue weighted by Crippen LogP contribution is 2.40. The molecule has 0 aliphatic carbocycles. The zero-order valence-electron chi connectivity index (χ0n) is 15.6. The number of rotatable bonds is 6. The van der Waals surface area contributed by atoms with E-state index in [2.05, 4.69) is 61.2 Å². The average molecular weight is 384 g/mol. The van der Waals surface area contributed by atoms with Gasteiger partial charge in [0.05, 0.1) is 13.2 Å². The number of benzene rings is 2. The molecule has 26 heavy (non-hydrogen) atoms. The summed E-state index contributed by atoms with van der Waals surface area (Å²) in [4.78, 5) is 3.73. The SMILES string of the molecule is CCCC1/C(=C/c2cccc(C)c2)SC(=S)N1Cc1ccc(OC)cc1. The fourth-order valence-corrected chi connectivity index (χ4v) is 4.80. The second-order valence-electron chi connectivity index (χ2n) is 6.61. The Morgan fingerprint density at radius 3 is 2.62 bits per heavy atom. The highest BCUT2D eigenvalue weighted by atomic mass is 32.2. The molecule has 0 aromatic heterocycles. The summed E-state index contributed by atoms with van der Waals surface area (Å²) in [6.07, 6.45) is 4.55. The van der Waals surface area contributed by atoms with Gasteiger partial charge in [-0.2, -0.15) is 0 Å². The van der Waals surface area contributed by atoms with Crippen LogP contribution in [0.1, 0.15) is 36.5 Å². The minimum absolute atomic E-state index is 0.361. The molecule has 0 amide bonds. The molecule has 1 fully saturated rings. The first-order chi connectivity index (χ1) is 12.6. The van der Waals surface area contributed by atoms with Crippen molar-refractivity contribution in [1.29, 1.82) is 0 Å². The van der Waals surface area contributed by atoms with Crippen molar-refractivity contribution in [3.05, 3.63) is 70.1 Å². The monoisotopic (exact) mass is 383 g/mol. The number of methoxy groups -OCH3 is 1. The third-order valence-electron chi connectivity index (χ3n) is 4.57. The molecule has 0 spiro atoms. The van der Waals surface area contributed by atoms with E-state index in [0.29, 0.717) is 6.04 Å². The number of hydrogen-bond donors (Lipinski definition) is 0. The van der Waals surface area contributed by atoms with Crippen LogP contribution >= 0.6 is 24.0 Å². The highest BCUT2D eigenvalue weighted by molar-refractivity contribution is 8.26. The summed E-state index contributed by atoms with van der Waals surface area (Å²) in [6, 6.07) is 17.3. The van der Waals surface area contributed by atoms with Gasteiger partial charge in [-0.15, -0.1) is 0 Å². The van der Waals surface area contributed by atoms with E-state index in [4.69, 9.17) is 17.0 Å². The average Bonchev–Trinajstić information content (AvgIpc) is 2.91. The molecule has 1 atom stereocenters. The maximum atomic E-state index is 5.72. The van der Waals surface area contributed by atoms with Crippen molar-refractivity contribution in [1.82, 2.24) is 4.90 Å². The van der Waals surface area contributed by atoms with Crippen LogP contribution in [0.3, 0.4) is 0 Å². The molecular formula is C22H25NOS2. The van der Waals surface area contributed by atoms with Crippen molar-refractivity contribution in [2.24, 2.45) is 0 Å². The van der Waals surface area contributed by atoms with E-state index < -0.39 is 0 Å². The lowest BCUT2D eigenvalue weighted by Crippen LogP contribution is -2.31. The van der Waals surface area contributed by atoms with E-state index >= 15 is 0 Å². The van der Waals surface area contributed by atoms with Crippen LogP contribution in [0.4, 0.5) is 0 Å². The molecule has 1 aliphatic rings. The first-order valence-electron chi connectivity index (χ1n) is 9.00. The van der Waals surface area contributed by atoms with Gasteiger partial charge < -0.3 is 9.64 Å². The van der Waals surface area contributed by atoms with Gasteiger partial charge in [-0.25, -0.2) is 0 Å². The molecule has 2 aromatic rings. The molecule has 1 aliphatic heterocycles. The van der Waals surface area contributed by atoms with Gasteiger partial charge >= 0.3 is 0 Å². The van der Waals surface area contributed by atoms with Gasteiger partial charge in [-0.3, -0.25) is 0 Å². The number of hydrogen-bond acceptors (Lipinski definition) is 3. The molecule has 1 unspecified atom stereocenters. The maximum absolute atomic E-state index is 5.72. The Labute approximate surface area is 166 Å². The van der Waals surface area contributed by atoms with Gasteiger partial charge in [0.1, 0.15) is 10.1 Å².